The van der Waals surface area contributed by atoms with Gasteiger partial charge < -0.3 is 16.6 Å². The van der Waals surface area contributed by atoms with E-state index in [2.05, 4.69) is 30.3 Å². The third-order valence-corrected chi connectivity index (χ3v) is 6.72. The Kier molecular flexibility index (Phi) is 6.30. The van der Waals surface area contributed by atoms with Crippen molar-refractivity contribution < 1.29 is 21.9 Å². The molecule has 0 saturated heterocycles. The highest BCUT2D eigenvalue weighted by Gasteiger charge is 2.32. The first-order valence-corrected chi connectivity index (χ1v) is 11.6. The summed E-state index contributed by atoms with van der Waals surface area (Å²) in [6.45, 7) is -0.828. The zero-order chi connectivity index (χ0) is 22.8. The number of benzene rings is 1. The number of aliphatic hydroxyl groups is 1. The van der Waals surface area contributed by atoms with Crippen LogP contribution in [-0.4, -0.2) is 66.7 Å². The number of aromatic amines is 1. The van der Waals surface area contributed by atoms with Crippen LogP contribution in [-0.2, 0) is 20.0 Å². The van der Waals surface area contributed by atoms with E-state index in [-0.39, 0.29) is 29.3 Å². The minimum atomic E-state index is -4.62. The molecule has 9 N–H and O–H groups in total. The summed E-state index contributed by atoms with van der Waals surface area (Å²) < 4.78 is 53.0. The van der Waals surface area contributed by atoms with Crippen molar-refractivity contribution in [2.75, 3.05) is 18.9 Å². The summed E-state index contributed by atoms with van der Waals surface area (Å²) >= 11 is 0. The van der Waals surface area contributed by atoms with Crippen LogP contribution in [0.25, 0.3) is 22.5 Å². The number of aliphatic hydroxyl groups excluding tert-OH is 1. The molecule has 2 heterocycles. The summed E-state index contributed by atoms with van der Waals surface area (Å²) in [5.74, 6) is 0.0140. The molecule has 1 atom stereocenters. The number of rotatable bonds is 8. The molecule has 3 aromatic rings. The number of anilines is 1. The monoisotopic (exact) mass is 469 g/mol. The van der Waals surface area contributed by atoms with Gasteiger partial charge >= 0.3 is 0 Å². The summed E-state index contributed by atoms with van der Waals surface area (Å²) in [4.78, 5) is 2.58. The van der Waals surface area contributed by atoms with E-state index in [0.29, 0.717) is 5.56 Å². The standard InChI is InChI=1S/C15H19N9O5S2/c16-9(7-25)6-20-31(28,29)11-3-2-10(8-1-4-12(17)19-5-8)13(14(11)30(18,26)27)15-21-23-24-22-15/h1-5,9,20,25H,6-7,16H2,(H2,17,19)(H2,18,26,27)(H,21,22,23,24)/t9-/m0/s1. The number of pyridine rings is 1. The van der Waals surface area contributed by atoms with Crippen LogP contribution in [0.2, 0.25) is 0 Å². The number of aromatic nitrogens is 5. The Morgan fingerprint density at radius 3 is 2.45 bits per heavy atom. The number of primary sulfonamides is 1. The summed E-state index contributed by atoms with van der Waals surface area (Å²) in [5.41, 5.74) is 11.6. The van der Waals surface area contributed by atoms with Crippen LogP contribution in [0.4, 0.5) is 5.82 Å². The second-order valence-electron chi connectivity index (χ2n) is 6.36. The second kappa shape index (κ2) is 8.61. The zero-order valence-electron chi connectivity index (χ0n) is 15.8. The Bertz CT molecular complexity index is 1280. The van der Waals surface area contributed by atoms with Crippen LogP contribution in [0.15, 0.2) is 40.3 Å². The fourth-order valence-corrected chi connectivity index (χ4v) is 5.41. The van der Waals surface area contributed by atoms with Gasteiger partial charge in [-0.3, -0.25) is 0 Å². The largest absolute Gasteiger partial charge is 0.395 e. The molecule has 16 heteroatoms. The average Bonchev–Trinajstić information content (AvgIpc) is 3.25. The molecule has 31 heavy (non-hydrogen) atoms. The van der Waals surface area contributed by atoms with Crippen molar-refractivity contribution in [1.29, 1.82) is 0 Å². The number of nitrogens with one attached hydrogen (secondary N) is 2. The zero-order valence-corrected chi connectivity index (χ0v) is 17.4. The molecule has 0 unspecified atom stereocenters. The molecule has 0 aliphatic carbocycles. The lowest BCUT2D eigenvalue weighted by molar-refractivity contribution is 0.266. The van der Waals surface area contributed by atoms with Crippen molar-refractivity contribution in [1.82, 2.24) is 30.3 Å². The van der Waals surface area contributed by atoms with E-state index >= 15 is 0 Å². The molecule has 3 rings (SSSR count). The van der Waals surface area contributed by atoms with E-state index in [0.717, 1.165) is 6.07 Å². The average molecular weight is 470 g/mol. The van der Waals surface area contributed by atoms with Gasteiger partial charge in [-0.25, -0.2) is 31.7 Å². The Morgan fingerprint density at radius 2 is 1.90 bits per heavy atom. The van der Waals surface area contributed by atoms with Crippen LogP contribution < -0.4 is 21.3 Å². The topological polar surface area (TPSA) is 246 Å². The van der Waals surface area contributed by atoms with Crippen LogP contribution in [0.5, 0.6) is 0 Å². The molecule has 0 fully saturated rings. The van der Waals surface area contributed by atoms with Gasteiger partial charge in [-0.05, 0) is 29.0 Å². The number of nitrogens with zero attached hydrogens (tertiary/aromatic N) is 4. The molecule has 0 spiro atoms. The number of H-pyrrole nitrogens is 1. The third kappa shape index (κ3) is 4.84. The molecule has 2 aromatic heterocycles. The highest BCUT2D eigenvalue weighted by molar-refractivity contribution is 7.92. The summed E-state index contributed by atoms with van der Waals surface area (Å²) in [5, 5.41) is 27.6. The first-order valence-electron chi connectivity index (χ1n) is 8.56. The van der Waals surface area contributed by atoms with Crippen molar-refractivity contribution in [2.24, 2.45) is 10.9 Å². The van der Waals surface area contributed by atoms with E-state index in [4.69, 9.17) is 21.7 Å². The molecule has 1 aromatic carbocycles. The number of nitrogens with two attached hydrogens (primary N) is 3. The fourth-order valence-electron chi connectivity index (χ4n) is 2.71. The molecule has 166 valence electrons. The highest BCUT2D eigenvalue weighted by Crippen LogP contribution is 2.38. The quantitative estimate of drug-likeness (QED) is 0.206. The van der Waals surface area contributed by atoms with Gasteiger partial charge in [0.25, 0.3) is 0 Å². The van der Waals surface area contributed by atoms with Crippen molar-refractivity contribution in [3.8, 4) is 22.5 Å². The summed E-state index contributed by atoms with van der Waals surface area (Å²) in [6, 6.07) is 4.56. The van der Waals surface area contributed by atoms with Gasteiger partial charge in [0.2, 0.25) is 25.9 Å². The van der Waals surface area contributed by atoms with Gasteiger partial charge in [0.1, 0.15) is 15.6 Å². The fraction of sp³-hybridized carbons (Fsp3) is 0.200. The van der Waals surface area contributed by atoms with Gasteiger partial charge in [0, 0.05) is 24.3 Å². The number of hydrogen-bond donors (Lipinski definition) is 6. The second-order valence-corrected chi connectivity index (χ2v) is 9.60. The van der Waals surface area contributed by atoms with E-state index in [1.807, 2.05) is 0 Å². The molecule has 0 bridgehead atoms. The Hall–Kier alpha value is -3.02. The maximum atomic E-state index is 12.9. The Balaban J connectivity index is 2.33. The van der Waals surface area contributed by atoms with Crippen molar-refractivity contribution >= 4 is 25.9 Å². The van der Waals surface area contributed by atoms with E-state index in [1.54, 1.807) is 6.07 Å². The molecule has 0 aliphatic rings. The number of sulfonamides is 2. The van der Waals surface area contributed by atoms with Gasteiger partial charge in [0.15, 0.2) is 0 Å². The molecule has 0 radical (unpaired) electrons. The van der Waals surface area contributed by atoms with Crippen molar-refractivity contribution in [3.63, 3.8) is 0 Å². The maximum Gasteiger partial charge on any atom is 0.242 e. The van der Waals surface area contributed by atoms with E-state index in [1.165, 1.54) is 18.3 Å². The summed E-state index contributed by atoms with van der Waals surface area (Å²) in [6.07, 6.45) is 1.37. The van der Waals surface area contributed by atoms with Crippen LogP contribution in [0, 0.1) is 0 Å². The van der Waals surface area contributed by atoms with Gasteiger partial charge in [-0.15, -0.1) is 10.2 Å². The predicted octanol–water partition coefficient (Wildman–Crippen LogP) is -2.24. The third-order valence-electron chi connectivity index (χ3n) is 4.13. The van der Waals surface area contributed by atoms with Gasteiger partial charge in [-0.1, -0.05) is 6.07 Å². The first kappa shape index (κ1) is 22.7. The van der Waals surface area contributed by atoms with Crippen molar-refractivity contribution in [3.05, 3.63) is 30.5 Å². The summed E-state index contributed by atoms with van der Waals surface area (Å²) in [7, 11) is -9.04. The highest BCUT2D eigenvalue weighted by atomic mass is 32.2. The van der Waals surface area contributed by atoms with Gasteiger partial charge in [0.05, 0.1) is 12.2 Å². The maximum absolute atomic E-state index is 12.9. The minimum absolute atomic E-state index is 0.197. The lowest BCUT2D eigenvalue weighted by Crippen LogP contribution is -2.39. The van der Waals surface area contributed by atoms with Crippen molar-refractivity contribution in [2.45, 2.75) is 15.8 Å². The van der Waals surface area contributed by atoms with Gasteiger partial charge in [-0.2, -0.15) is 5.21 Å². The molecule has 0 aliphatic heterocycles. The Labute approximate surface area is 177 Å². The minimum Gasteiger partial charge on any atom is -0.395 e. The number of nitrogen functional groups attached to an aromatic ring is 1. The molecule has 0 amide bonds. The van der Waals surface area contributed by atoms with Crippen LogP contribution in [0.1, 0.15) is 0 Å². The Morgan fingerprint density at radius 1 is 1.16 bits per heavy atom. The molecular weight excluding hydrogens is 450 g/mol. The lowest BCUT2D eigenvalue weighted by atomic mass is 10.0. The van der Waals surface area contributed by atoms with E-state index in [9.17, 15) is 16.8 Å². The molecular formula is C15H19N9O5S2. The smallest absolute Gasteiger partial charge is 0.242 e. The molecule has 0 saturated carbocycles. The van der Waals surface area contributed by atoms with Crippen LogP contribution >= 0.6 is 0 Å². The number of tetrazole rings is 1. The van der Waals surface area contributed by atoms with E-state index < -0.39 is 42.5 Å². The number of hydrogen-bond acceptors (Lipinski definition) is 11. The normalized spacial score (nSPS) is 13.3. The molecule has 14 nitrogen and oxygen atoms in total. The predicted molar refractivity (Wildman–Crippen MR) is 109 cm³/mol. The SMILES string of the molecule is Nc1ccc(-c2ccc(S(=O)(=O)NC[C@H](N)CO)c(S(N)(=O)=O)c2-c2nn[nH]n2)cn1. The lowest BCUT2D eigenvalue weighted by Gasteiger charge is -2.17. The van der Waals surface area contributed by atoms with Crippen LogP contribution in [0.3, 0.4) is 0 Å². The first-order chi connectivity index (χ1) is 14.5.